The van der Waals surface area contributed by atoms with Gasteiger partial charge in [0.25, 0.3) is 0 Å². The summed E-state index contributed by atoms with van der Waals surface area (Å²) >= 11 is 0. The number of nitrogens with two attached hydrogens (primary N) is 1. The van der Waals surface area contributed by atoms with Gasteiger partial charge < -0.3 is 20.5 Å². The van der Waals surface area contributed by atoms with E-state index >= 15 is 0 Å². The molecule has 0 radical (unpaired) electrons. The molecule has 0 atom stereocenters. The lowest BCUT2D eigenvalue weighted by Gasteiger charge is -2.29. The number of nitrogens with one attached hydrogen (secondary N) is 1. The van der Waals surface area contributed by atoms with E-state index in [-0.39, 0.29) is 0 Å². The van der Waals surface area contributed by atoms with E-state index in [0.717, 1.165) is 49.7 Å². The van der Waals surface area contributed by atoms with Crippen LogP contribution < -0.4 is 21.4 Å². The molecule has 0 spiro atoms. The molecule has 0 aromatic carbocycles. The molecule has 0 amide bonds. The Morgan fingerprint density at radius 1 is 1.33 bits per heavy atom. The molecule has 3 N–H and O–H groups in total. The van der Waals surface area contributed by atoms with E-state index in [1.807, 2.05) is 43.8 Å². The summed E-state index contributed by atoms with van der Waals surface area (Å²) in [5.74, 6) is 0. The van der Waals surface area contributed by atoms with E-state index < -0.39 is 0 Å². The molecule has 2 aromatic heterocycles. The number of aryl methyl sites for hydroxylation is 3. The number of pyridine rings is 1. The fourth-order valence-electron chi connectivity index (χ4n) is 3.34. The minimum atomic E-state index is 0.362. The SMILES string of the molecule is CCc1nc(C)cnc1/C=C(N)/C(=C/C=O)N=c1ccc(N2CCNCC2)cn1C. The number of hydrogen-bond donors (Lipinski definition) is 2. The summed E-state index contributed by atoms with van der Waals surface area (Å²) in [6.07, 6.45) is 8.26. The minimum absolute atomic E-state index is 0.362. The Kier molecular flexibility index (Phi) is 7.13. The van der Waals surface area contributed by atoms with Crippen molar-refractivity contribution in [2.24, 2.45) is 17.8 Å². The van der Waals surface area contributed by atoms with Gasteiger partial charge in [0.15, 0.2) is 0 Å². The van der Waals surface area contributed by atoms with Crippen LogP contribution in [0.4, 0.5) is 5.69 Å². The van der Waals surface area contributed by atoms with Gasteiger partial charge in [0, 0.05) is 51.7 Å². The lowest BCUT2D eigenvalue weighted by molar-refractivity contribution is -0.104. The lowest BCUT2D eigenvalue weighted by atomic mass is 10.2. The van der Waals surface area contributed by atoms with Crippen LogP contribution in [-0.2, 0) is 18.3 Å². The summed E-state index contributed by atoms with van der Waals surface area (Å²) in [4.78, 5) is 27.1. The highest BCUT2D eigenvalue weighted by molar-refractivity contribution is 5.69. The molecular weight excluding hydrogens is 378 g/mol. The number of hydrogen-bond acceptors (Lipinski definition) is 7. The first-order chi connectivity index (χ1) is 14.5. The summed E-state index contributed by atoms with van der Waals surface area (Å²) in [7, 11) is 1.93. The average molecular weight is 408 g/mol. The second kappa shape index (κ2) is 9.98. The van der Waals surface area contributed by atoms with Crippen LogP contribution in [0, 0.1) is 6.92 Å². The highest BCUT2D eigenvalue weighted by atomic mass is 16.1. The Labute approximate surface area is 176 Å². The van der Waals surface area contributed by atoms with Gasteiger partial charge in [0.05, 0.1) is 34.2 Å². The molecule has 2 aromatic rings. The minimum Gasteiger partial charge on any atom is -0.397 e. The topological polar surface area (TPSA) is 101 Å². The zero-order chi connectivity index (χ0) is 21.5. The lowest BCUT2D eigenvalue weighted by Crippen LogP contribution is -2.43. The second-order valence-electron chi connectivity index (χ2n) is 7.19. The van der Waals surface area contributed by atoms with Crippen LogP contribution in [0.5, 0.6) is 0 Å². The van der Waals surface area contributed by atoms with Crippen molar-refractivity contribution in [3.63, 3.8) is 0 Å². The van der Waals surface area contributed by atoms with Crippen molar-refractivity contribution in [3.8, 4) is 0 Å². The van der Waals surface area contributed by atoms with Crippen LogP contribution in [-0.4, -0.2) is 47.0 Å². The summed E-state index contributed by atoms with van der Waals surface area (Å²) in [5, 5.41) is 3.36. The number of rotatable bonds is 6. The van der Waals surface area contributed by atoms with Gasteiger partial charge in [-0.2, -0.15) is 0 Å². The van der Waals surface area contributed by atoms with Crippen molar-refractivity contribution in [2.75, 3.05) is 31.1 Å². The summed E-state index contributed by atoms with van der Waals surface area (Å²) in [6, 6.07) is 3.98. The maximum Gasteiger partial charge on any atom is 0.145 e. The Morgan fingerprint density at radius 3 is 2.77 bits per heavy atom. The van der Waals surface area contributed by atoms with Gasteiger partial charge in [-0.25, -0.2) is 4.99 Å². The van der Waals surface area contributed by atoms with Gasteiger partial charge >= 0.3 is 0 Å². The van der Waals surface area contributed by atoms with Gasteiger partial charge in [0.1, 0.15) is 11.8 Å². The fourth-order valence-corrected chi connectivity index (χ4v) is 3.34. The van der Waals surface area contributed by atoms with Crippen molar-refractivity contribution in [2.45, 2.75) is 20.3 Å². The predicted octanol–water partition coefficient (Wildman–Crippen LogP) is 1.08. The Hall–Kier alpha value is -3.26. The van der Waals surface area contributed by atoms with Gasteiger partial charge in [-0.3, -0.25) is 14.8 Å². The molecule has 1 saturated heterocycles. The first kappa shape index (κ1) is 21.4. The Bertz CT molecular complexity index is 1030. The van der Waals surface area contributed by atoms with E-state index in [4.69, 9.17) is 5.73 Å². The number of carbonyl (C=O) groups excluding carboxylic acids is 1. The van der Waals surface area contributed by atoms with Gasteiger partial charge in [-0.15, -0.1) is 0 Å². The highest BCUT2D eigenvalue weighted by Crippen LogP contribution is 2.14. The van der Waals surface area contributed by atoms with Crippen LogP contribution >= 0.6 is 0 Å². The van der Waals surface area contributed by atoms with Crippen molar-refractivity contribution < 1.29 is 4.79 Å². The maximum atomic E-state index is 11.2. The molecule has 1 aliphatic rings. The van der Waals surface area contributed by atoms with Crippen LogP contribution in [0.25, 0.3) is 6.08 Å². The highest BCUT2D eigenvalue weighted by Gasteiger charge is 2.11. The molecule has 1 aliphatic heterocycles. The maximum absolute atomic E-state index is 11.2. The van der Waals surface area contributed by atoms with Crippen LogP contribution in [0.2, 0.25) is 0 Å². The summed E-state index contributed by atoms with van der Waals surface area (Å²) in [6.45, 7) is 7.82. The fraction of sp³-hybridized carbons (Fsp3) is 0.364. The normalized spacial score (nSPS) is 16.1. The quantitative estimate of drug-likeness (QED) is 0.422. The molecule has 8 nitrogen and oxygen atoms in total. The molecule has 3 heterocycles. The number of aldehydes is 1. The number of carbonyl (C=O) groups is 1. The van der Waals surface area contributed by atoms with Crippen molar-refractivity contribution >= 4 is 18.0 Å². The smallest absolute Gasteiger partial charge is 0.145 e. The number of nitrogens with zero attached hydrogens (tertiary/aromatic N) is 5. The number of aromatic nitrogens is 3. The van der Waals surface area contributed by atoms with Crippen LogP contribution in [0.15, 0.2) is 47.0 Å². The molecule has 1 fully saturated rings. The van der Waals surface area contributed by atoms with Crippen molar-refractivity contribution in [3.05, 3.63) is 64.6 Å². The summed E-state index contributed by atoms with van der Waals surface area (Å²) in [5.41, 5.74) is 11.3. The average Bonchev–Trinajstić information content (AvgIpc) is 2.76. The third kappa shape index (κ3) is 5.21. The monoisotopic (exact) mass is 407 g/mol. The van der Waals surface area contributed by atoms with E-state index in [0.29, 0.717) is 28.9 Å². The van der Waals surface area contributed by atoms with E-state index in [2.05, 4.69) is 25.2 Å². The molecule has 3 rings (SSSR count). The Balaban J connectivity index is 1.94. The number of anilines is 1. The zero-order valence-electron chi connectivity index (χ0n) is 17.8. The molecule has 0 saturated carbocycles. The van der Waals surface area contributed by atoms with Crippen LogP contribution in [0.1, 0.15) is 24.0 Å². The molecular formula is C22H29N7O. The molecule has 8 heteroatoms. The molecule has 0 unspecified atom stereocenters. The summed E-state index contributed by atoms with van der Waals surface area (Å²) < 4.78 is 1.94. The third-order valence-electron chi connectivity index (χ3n) is 4.95. The van der Waals surface area contributed by atoms with E-state index in [1.54, 1.807) is 12.3 Å². The first-order valence-corrected chi connectivity index (χ1v) is 10.1. The van der Waals surface area contributed by atoms with Crippen molar-refractivity contribution in [1.82, 2.24) is 19.9 Å². The second-order valence-corrected chi connectivity index (χ2v) is 7.19. The predicted molar refractivity (Wildman–Crippen MR) is 119 cm³/mol. The molecule has 0 bridgehead atoms. The van der Waals surface area contributed by atoms with E-state index in [9.17, 15) is 4.79 Å². The Morgan fingerprint density at radius 2 is 2.10 bits per heavy atom. The number of piperazine rings is 1. The molecule has 30 heavy (non-hydrogen) atoms. The van der Waals surface area contributed by atoms with Gasteiger partial charge in [0.2, 0.25) is 0 Å². The van der Waals surface area contributed by atoms with Gasteiger partial charge in [-0.1, -0.05) is 6.92 Å². The van der Waals surface area contributed by atoms with E-state index in [1.165, 1.54) is 6.08 Å². The third-order valence-corrected chi connectivity index (χ3v) is 4.95. The first-order valence-electron chi connectivity index (χ1n) is 10.1. The van der Waals surface area contributed by atoms with Crippen molar-refractivity contribution in [1.29, 1.82) is 0 Å². The molecule has 158 valence electrons. The largest absolute Gasteiger partial charge is 0.397 e. The number of allylic oxidation sites excluding steroid dienone is 1. The van der Waals surface area contributed by atoms with Crippen LogP contribution in [0.3, 0.4) is 0 Å². The standard InChI is InChI=1S/C22H29N7O/c1-4-19-21(25-14-16(2)26-19)13-18(23)20(7-12-30)27-22-6-5-17(15-28(22)3)29-10-8-24-9-11-29/h5-7,12-15,24H,4,8-11,23H2,1-3H3/b18-13-,20-7-,27-22?. The molecule has 0 aliphatic carbocycles. The van der Waals surface area contributed by atoms with Gasteiger partial charge in [-0.05, 0) is 31.6 Å². The zero-order valence-corrected chi connectivity index (χ0v) is 17.8.